The third-order valence-electron chi connectivity index (χ3n) is 4.22. The number of hydrogen-bond acceptors (Lipinski definition) is 5. The van der Waals surface area contributed by atoms with E-state index >= 15 is 0 Å². The van der Waals surface area contributed by atoms with Crippen LogP contribution in [0.5, 0.6) is 0 Å². The van der Waals surface area contributed by atoms with Crippen molar-refractivity contribution >= 4 is 17.8 Å². The Morgan fingerprint density at radius 1 is 1.32 bits per heavy atom. The molecule has 1 aromatic carbocycles. The molecule has 0 bridgehead atoms. The fraction of sp³-hybridized carbons (Fsp3) is 0.500. The van der Waals surface area contributed by atoms with Crippen molar-refractivity contribution < 1.29 is 23.9 Å². The smallest absolute Gasteiger partial charge is 0.311 e. The second-order valence-electron chi connectivity index (χ2n) is 5.98. The minimum absolute atomic E-state index is 0.0807. The average Bonchev–Trinajstić information content (AvgIpc) is 3.02. The summed E-state index contributed by atoms with van der Waals surface area (Å²) in [6.45, 7) is 2.64. The molecule has 0 aliphatic carbocycles. The first-order valence-electron chi connectivity index (χ1n) is 8.29. The molecule has 0 radical (unpaired) electrons. The Bertz CT molecular complexity index is 605. The summed E-state index contributed by atoms with van der Waals surface area (Å²) in [5.74, 6) is -1.52. The maximum absolute atomic E-state index is 12.2. The van der Waals surface area contributed by atoms with Gasteiger partial charge >= 0.3 is 5.97 Å². The average molecular weight is 348 g/mol. The van der Waals surface area contributed by atoms with Crippen molar-refractivity contribution in [3.05, 3.63) is 35.9 Å². The highest BCUT2D eigenvalue weighted by atomic mass is 16.5. The van der Waals surface area contributed by atoms with E-state index in [1.807, 2.05) is 37.3 Å². The van der Waals surface area contributed by atoms with E-state index in [4.69, 9.17) is 9.47 Å². The van der Waals surface area contributed by atoms with E-state index < -0.39 is 11.9 Å². The molecule has 2 rings (SSSR count). The van der Waals surface area contributed by atoms with E-state index in [1.165, 1.54) is 7.11 Å². The Kier molecular flexibility index (Phi) is 6.94. The molecule has 1 N–H and O–H groups in total. The summed E-state index contributed by atoms with van der Waals surface area (Å²) in [7, 11) is 1.53. The first-order chi connectivity index (χ1) is 12.0. The molecule has 0 spiro atoms. The number of nitrogens with zero attached hydrogens (tertiary/aromatic N) is 1. The second kappa shape index (κ2) is 9.17. The maximum atomic E-state index is 12.2. The van der Waals surface area contributed by atoms with Crippen LogP contribution in [0.15, 0.2) is 30.3 Å². The Hall–Kier alpha value is -2.41. The fourth-order valence-electron chi connectivity index (χ4n) is 2.77. The molecule has 1 aromatic rings. The molecular formula is C18H24N2O5. The summed E-state index contributed by atoms with van der Waals surface area (Å²) in [4.78, 5) is 37.6. The normalized spacial score (nSPS) is 18.1. The van der Waals surface area contributed by atoms with Gasteiger partial charge in [0.15, 0.2) is 6.61 Å². The lowest BCUT2D eigenvalue weighted by Gasteiger charge is -2.25. The number of amides is 2. The number of carbonyl (C=O) groups is 3. The molecule has 7 heteroatoms. The van der Waals surface area contributed by atoms with Crippen molar-refractivity contribution in [2.75, 3.05) is 33.4 Å². The molecule has 1 heterocycles. The van der Waals surface area contributed by atoms with Crippen molar-refractivity contribution in [1.82, 2.24) is 10.2 Å². The molecule has 25 heavy (non-hydrogen) atoms. The zero-order valence-electron chi connectivity index (χ0n) is 14.6. The summed E-state index contributed by atoms with van der Waals surface area (Å²) < 4.78 is 9.85. The van der Waals surface area contributed by atoms with E-state index in [-0.39, 0.29) is 30.9 Å². The Morgan fingerprint density at radius 2 is 2.04 bits per heavy atom. The van der Waals surface area contributed by atoms with Gasteiger partial charge in [-0.25, -0.2) is 0 Å². The number of carbonyl (C=O) groups excluding carboxylic acids is 3. The van der Waals surface area contributed by atoms with Gasteiger partial charge in [0.25, 0.3) is 5.91 Å². The van der Waals surface area contributed by atoms with Crippen molar-refractivity contribution in [2.24, 2.45) is 5.92 Å². The van der Waals surface area contributed by atoms with Crippen molar-refractivity contribution in [3.63, 3.8) is 0 Å². The van der Waals surface area contributed by atoms with Gasteiger partial charge in [-0.3, -0.25) is 14.4 Å². The lowest BCUT2D eigenvalue weighted by Crippen LogP contribution is -2.33. The van der Waals surface area contributed by atoms with Crippen molar-refractivity contribution in [3.8, 4) is 0 Å². The zero-order valence-corrected chi connectivity index (χ0v) is 14.6. The van der Waals surface area contributed by atoms with E-state index in [2.05, 4.69) is 5.32 Å². The quantitative estimate of drug-likeness (QED) is 0.557. The SMILES string of the molecule is COCCNC(=O)COC(=O)[C@H]1CC(=O)N([C@@H](C)c2ccccc2)C1. The van der Waals surface area contributed by atoms with Gasteiger partial charge in [-0.15, -0.1) is 0 Å². The second-order valence-corrected chi connectivity index (χ2v) is 5.98. The Balaban J connectivity index is 1.83. The largest absolute Gasteiger partial charge is 0.455 e. The van der Waals surface area contributed by atoms with Gasteiger partial charge in [-0.05, 0) is 12.5 Å². The highest BCUT2D eigenvalue weighted by molar-refractivity contribution is 5.88. The number of ether oxygens (including phenoxy) is 2. The summed E-state index contributed by atoms with van der Waals surface area (Å²) in [5.41, 5.74) is 1.02. The van der Waals surface area contributed by atoms with Crippen LogP contribution in [0.1, 0.15) is 24.9 Å². The Labute approximate surface area is 147 Å². The number of rotatable bonds is 8. The highest BCUT2D eigenvalue weighted by Gasteiger charge is 2.38. The molecule has 1 aliphatic rings. The van der Waals surface area contributed by atoms with E-state index in [0.717, 1.165) is 5.56 Å². The Morgan fingerprint density at radius 3 is 2.72 bits per heavy atom. The van der Waals surface area contributed by atoms with Crippen LogP contribution < -0.4 is 5.32 Å². The van der Waals surface area contributed by atoms with Gasteiger partial charge in [0.2, 0.25) is 5.91 Å². The predicted molar refractivity (Wildman–Crippen MR) is 90.5 cm³/mol. The van der Waals surface area contributed by atoms with Crippen LogP contribution in [0.4, 0.5) is 0 Å². The highest BCUT2D eigenvalue weighted by Crippen LogP contribution is 2.28. The predicted octanol–water partition coefficient (Wildman–Crippen LogP) is 0.902. The first kappa shape index (κ1) is 18.9. The third kappa shape index (κ3) is 5.29. The standard InChI is InChI=1S/C18H24N2O5/c1-13(14-6-4-3-5-7-14)20-11-15(10-17(20)22)18(23)25-12-16(21)19-8-9-24-2/h3-7,13,15H,8-12H2,1-2H3,(H,19,21)/t13-,15-/m0/s1. The number of benzene rings is 1. The van der Waals surface area contributed by atoms with Crippen LogP contribution in [0, 0.1) is 5.92 Å². The summed E-state index contributed by atoms with van der Waals surface area (Å²) in [5, 5.41) is 2.57. The van der Waals surface area contributed by atoms with Gasteiger partial charge < -0.3 is 19.7 Å². The molecule has 136 valence electrons. The maximum Gasteiger partial charge on any atom is 0.311 e. The van der Waals surface area contributed by atoms with Gasteiger partial charge in [-0.1, -0.05) is 30.3 Å². The van der Waals surface area contributed by atoms with Crippen molar-refractivity contribution in [1.29, 1.82) is 0 Å². The van der Waals surface area contributed by atoms with E-state index in [0.29, 0.717) is 19.7 Å². The first-order valence-corrected chi connectivity index (χ1v) is 8.29. The van der Waals surface area contributed by atoms with Crippen LogP contribution in [0.3, 0.4) is 0 Å². The van der Waals surface area contributed by atoms with Crippen molar-refractivity contribution in [2.45, 2.75) is 19.4 Å². The number of methoxy groups -OCH3 is 1. The number of likely N-dealkylation sites (tertiary alicyclic amines) is 1. The fourth-order valence-corrected chi connectivity index (χ4v) is 2.77. The molecule has 7 nitrogen and oxygen atoms in total. The number of esters is 1. The van der Waals surface area contributed by atoms with Gasteiger partial charge in [0, 0.05) is 26.6 Å². The van der Waals surface area contributed by atoms with Gasteiger partial charge in [0.05, 0.1) is 18.6 Å². The van der Waals surface area contributed by atoms with Crippen LogP contribution in [-0.4, -0.2) is 56.1 Å². The monoisotopic (exact) mass is 348 g/mol. The number of nitrogens with one attached hydrogen (secondary N) is 1. The minimum Gasteiger partial charge on any atom is -0.455 e. The molecule has 1 aliphatic heterocycles. The molecular weight excluding hydrogens is 324 g/mol. The molecule has 0 aromatic heterocycles. The molecule has 2 amide bonds. The van der Waals surface area contributed by atoms with Crippen LogP contribution in [0.25, 0.3) is 0 Å². The molecule has 2 atom stereocenters. The summed E-state index contributed by atoms with van der Waals surface area (Å²) in [6, 6.07) is 9.55. The van der Waals surface area contributed by atoms with Crippen LogP contribution in [0.2, 0.25) is 0 Å². The minimum atomic E-state index is -0.537. The molecule has 0 saturated carbocycles. The molecule has 1 fully saturated rings. The van der Waals surface area contributed by atoms with Gasteiger partial charge in [-0.2, -0.15) is 0 Å². The lowest BCUT2D eigenvalue weighted by atomic mass is 10.1. The summed E-state index contributed by atoms with van der Waals surface area (Å²) in [6.07, 6.45) is 0.112. The van der Waals surface area contributed by atoms with E-state index in [1.54, 1.807) is 4.90 Å². The van der Waals surface area contributed by atoms with Gasteiger partial charge in [0.1, 0.15) is 0 Å². The molecule has 1 saturated heterocycles. The zero-order chi connectivity index (χ0) is 18.2. The van der Waals surface area contributed by atoms with E-state index in [9.17, 15) is 14.4 Å². The lowest BCUT2D eigenvalue weighted by molar-refractivity contribution is -0.152. The summed E-state index contributed by atoms with van der Waals surface area (Å²) >= 11 is 0. The van der Waals surface area contributed by atoms with Crippen LogP contribution in [-0.2, 0) is 23.9 Å². The van der Waals surface area contributed by atoms with Crippen LogP contribution >= 0.6 is 0 Å². The molecule has 0 unspecified atom stereocenters. The third-order valence-corrected chi connectivity index (χ3v) is 4.22. The topological polar surface area (TPSA) is 84.9 Å². The number of hydrogen-bond donors (Lipinski definition) is 1.